The first-order chi connectivity index (χ1) is 13.0. The van der Waals surface area contributed by atoms with Crippen LogP contribution in [0.3, 0.4) is 0 Å². The minimum Gasteiger partial charge on any atom is -0.480 e. The number of hydrogen-bond acceptors (Lipinski definition) is 4. The van der Waals surface area contributed by atoms with Gasteiger partial charge in [-0.2, -0.15) is 5.10 Å². The Morgan fingerprint density at radius 3 is 2.78 bits per heavy atom. The van der Waals surface area contributed by atoms with E-state index < -0.39 is 17.8 Å². The summed E-state index contributed by atoms with van der Waals surface area (Å²) in [5.74, 6) is -1.35. The molecule has 3 N–H and O–H groups in total. The Bertz CT molecular complexity index is 805. The van der Waals surface area contributed by atoms with Gasteiger partial charge in [0.2, 0.25) is 0 Å². The number of rotatable bonds is 7. The number of benzene rings is 1. The van der Waals surface area contributed by atoms with Gasteiger partial charge in [0.1, 0.15) is 5.69 Å². The van der Waals surface area contributed by atoms with E-state index in [9.17, 15) is 14.0 Å². The van der Waals surface area contributed by atoms with Crippen LogP contribution in [0.15, 0.2) is 36.7 Å². The van der Waals surface area contributed by atoms with E-state index in [2.05, 4.69) is 15.7 Å². The molecule has 0 aliphatic heterocycles. The molecule has 1 aromatic heterocycles. The van der Waals surface area contributed by atoms with Gasteiger partial charge < -0.3 is 15.7 Å². The number of carbonyl (C=O) groups is 2. The quantitative estimate of drug-likeness (QED) is 0.688. The molecule has 2 amide bonds. The van der Waals surface area contributed by atoms with Crippen molar-refractivity contribution < 1.29 is 19.1 Å². The van der Waals surface area contributed by atoms with Crippen molar-refractivity contribution in [1.29, 1.82) is 0 Å². The number of aliphatic carboxylic acids is 1. The van der Waals surface area contributed by atoms with Crippen molar-refractivity contribution in [2.24, 2.45) is 0 Å². The largest absolute Gasteiger partial charge is 0.480 e. The Morgan fingerprint density at radius 2 is 2.19 bits per heavy atom. The number of carbonyl (C=O) groups excluding carboxylic acids is 1. The van der Waals surface area contributed by atoms with Gasteiger partial charge in [0.15, 0.2) is 5.82 Å². The summed E-state index contributed by atoms with van der Waals surface area (Å²) in [6, 6.07) is 5.81. The Labute approximate surface area is 156 Å². The number of anilines is 1. The molecule has 1 aliphatic carbocycles. The SMILES string of the molecule is CCN(CC(=O)O)C1CC(NC(=O)Nc2ccc(-n3cccn3)c(F)c2)C1. The smallest absolute Gasteiger partial charge is 0.319 e. The molecule has 0 unspecified atom stereocenters. The first kappa shape index (κ1) is 18.8. The molecule has 27 heavy (non-hydrogen) atoms. The summed E-state index contributed by atoms with van der Waals surface area (Å²) in [7, 11) is 0. The highest BCUT2D eigenvalue weighted by atomic mass is 19.1. The number of nitrogens with one attached hydrogen (secondary N) is 2. The molecular formula is C18H22FN5O3. The van der Waals surface area contributed by atoms with Gasteiger partial charge >= 0.3 is 12.0 Å². The number of likely N-dealkylation sites (N-methyl/N-ethyl adjacent to an activating group) is 1. The summed E-state index contributed by atoms with van der Waals surface area (Å²) in [5, 5.41) is 18.3. The molecule has 8 nitrogen and oxygen atoms in total. The van der Waals surface area contributed by atoms with Gasteiger partial charge in [-0.25, -0.2) is 13.9 Å². The molecule has 9 heteroatoms. The maximum atomic E-state index is 14.2. The third-order valence-electron chi connectivity index (χ3n) is 4.67. The molecule has 1 aliphatic rings. The molecule has 0 bridgehead atoms. The van der Waals surface area contributed by atoms with Gasteiger partial charge in [0.05, 0.1) is 6.54 Å². The fraction of sp³-hybridized carbons (Fsp3) is 0.389. The zero-order valence-electron chi connectivity index (χ0n) is 14.9. The van der Waals surface area contributed by atoms with Gasteiger partial charge in [-0.1, -0.05) is 6.92 Å². The number of carboxylic acid groups (broad SMARTS) is 1. The number of halogens is 1. The van der Waals surface area contributed by atoms with Crippen molar-refractivity contribution in [1.82, 2.24) is 20.0 Å². The molecular weight excluding hydrogens is 353 g/mol. The number of hydrogen-bond donors (Lipinski definition) is 3. The molecule has 1 saturated carbocycles. The van der Waals surface area contributed by atoms with Crippen LogP contribution in [0.2, 0.25) is 0 Å². The summed E-state index contributed by atoms with van der Waals surface area (Å²) >= 11 is 0. The van der Waals surface area contributed by atoms with Crippen LogP contribution in [0, 0.1) is 5.82 Å². The predicted molar refractivity (Wildman–Crippen MR) is 97.4 cm³/mol. The minimum absolute atomic E-state index is 0.00195. The normalized spacial score (nSPS) is 18.8. The van der Waals surface area contributed by atoms with Crippen LogP contribution in [0.1, 0.15) is 19.8 Å². The Balaban J connectivity index is 1.49. The number of nitrogens with zero attached hydrogens (tertiary/aromatic N) is 3. The third kappa shape index (κ3) is 4.62. The fourth-order valence-corrected chi connectivity index (χ4v) is 3.21. The van der Waals surface area contributed by atoms with Gasteiger partial charge in [-0.05, 0) is 43.7 Å². The van der Waals surface area contributed by atoms with Crippen LogP contribution < -0.4 is 10.6 Å². The summed E-state index contributed by atoms with van der Waals surface area (Å²) in [6.07, 6.45) is 4.58. The maximum absolute atomic E-state index is 14.2. The van der Waals surface area contributed by atoms with E-state index in [1.165, 1.54) is 10.7 Å². The van der Waals surface area contributed by atoms with Crippen molar-refractivity contribution in [3.63, 3.8) is 0 Å². The summed E-state index contributed by atoms with van der Waals surface area (Å²) in [5.41, 5.74) is 0.642. The van der Waals surface area contributed by atoms with Gasteiger partial charge in [-0.3, -0.25) is 9.69 Å². The molecule has 0 radical (unpaired) electrons. The molecule has 1 fully saturated rings. The van der Waals surface area contributed by atoms with E-state index in [0.717, 1.165) is 0 Å². The highest BCUT2D eigenvalue weighted by molar-refractivity contribution is 5.89. The molecule has 1 heterocycles. The minimum atomic E-state index is -0.855. The highest BCUT2D eigenvalue weighted by Gasteiger charge is 2.34. The van der Waals surface area contributed by atoms with Crippen LogP contribution in [0.4, 0.5) is 14.9 Å². The molecule has 0 atom stereocenters. The summed E-state index contributed by atoms with van der Waals surface area (Å²) in [4.78, 5) is 24.8. The van der Waals surface area contributed by atoms with Crippen LogP contribution in [0.25, 0.3) is 5.69 Å². The first-order valence-corrected chi connectivity index (χ1v) is 8.79. The highest BCUT2D eigenvalue weighted by Crippen LogP contribution is 2.25. The zero-order chi connectivity index (χ0) is 19.4. The predicted octanol–water partition coefficient (Wildman–Crippen LogP) is 2.07. The second-order valence-corrected chi connectivity index (χ2v) is 6.49. The Morgan fingerprint density at radius 1 is 1.41 bits per heavy atom. The molecule has 2 aromatic rings. The molecule has 0 saturated heterocycles. The topological polar surface area (TPSA) is 99.5 Å². The van der Waals surface area contributed by atoms with Gasteiger partial charge in [0, 0.05) is 30.2 Å². The van der Waals surface area contributed by atoms with E-state index in [0.29, 0.717) is 30.8 Å². The van der Waals surface area contributed by atoms with E-state index in [1.54, 1.807) is 30.6 Å². The first-order valence-electron chi connectivity index (χ1n) is 8.79. The monoisotopic (exact) mass is 375 g/mol. The van der Waals surface area contributed by atoms with Crippen LogP contribution in [-0.2, 0) is 4.79 Å². The van der Waals surface area contributed by atoms with Gasteiger partial charge in [-0.15, -0.1) is 0 Å². The summed E-state index contributed by atoms with van der Waals surface area (Å²) < 4.78 is 15.6. The molecule has 0 spiro atoms. The van der Waals surface area contributed by atoms with Crippen LogP contribution in [0.5, 0.6) is 0 Å². The summed E-state index contributed by atoms with van der Waals surface area (Å²) in [6.45, 7) is 2.57. The second-order valence-electron chi connectivity index (χ2n) is 6.49. The Kier molecular flexibility index (Phi) is 5.70. The lowest BCUT2D eigenvalue weighted by Gasteiger charge is -2.42. The lowest BCUT2D eigenvalue weighted by molar-refractivity contribution is -0.139. The van der Waals surface area contributed by atoms with Crippen molar-refractivity contribution in [3.8, 4) is 5.69 Å². The standard InChI is InChI=1S/C18H22FN5O3/c1-2-23(11-17(25)26)14-8-13(9-14)22-18(27)21-12-4-5-16(15(19)10-12)24-7-3-6-20-24/h3-7,10,13-14H,2,8-9,11H2,1H3,(H,25,26)(H2,21,22,27). The van der Waals surface area contributed by atoms with Crippen molar-refractivity contribution in [2.75, 3.05) is 18.4 Å². The van der Waals surface area contributed by atoms with Gasteiger partial charge in [0.25, 0.3) is 0 Å². The third-order valence-corrected chi connectivity index (χ3v) is 4.67. The van der Waals surface area contributed by atoms with E-state index >= 15 is 0 Å². The van der Waals surface area contributed by atoms with E-state index in [4.69, 9.17) is 5.11 Å². The molecule has 3 rings (SSSR count). The van der Waals surface area contributed by atoms with E-state index in [1.807, 2.05) is 11.8 Å². The number of amides is 2. The number of urea groups is 1. The van der Waals surface area contributed by atoms with Crippen molar-refractivity contribution >= 4 is 17.7 Å². The van der Waals surface area contributed by atoms with Crippen molar-refractivity contribution in [3.05, 3.63) is 42.5 Å². The lowest BCUT2D eigenvalue weighted by Crippen LogP contribution is -2.55. The zero-order valence-corrected chi connectivity index (χ0v) is 14.9. The fourth-order valence-electron chi connectivity index (χ4n) is 3.21. The number of aromatic nitrogens is 2. The Hall–Kier alpha value is -2.94. The van der Waals surface area contributed by atoms with E-state index in [-0.39, 0.29) is 18.6 Å². The van der Waals surface area contributed by atoms with Crippen molar-refractivity contribution in [2.45, 2.75) is 31.8 Å². The second kappa shape index (κ2) is 8.17. The molecule has 144 valence electrons. The maximum Gasteiger partial charge on any atom is 0.319 e. The average molecular weight is 375 g/mol. The van der Waals surface area contributed by atoms with Crippen LogP contribution >= 0.6 is 0 Å². The van der Waals surface area contributed by atoms with Crippen LogP contribution in [-0.4, -0.2) is 57.0 Å². The lowest BCUT2D eigenvalue weighted by atomic mass is 9.85. The average Bonchev–Trinajstić information content (AvgIpc) is 3.10. The number of carboxylic acids is 1. The molecule has 1 aromatic carbocycles.